The van der Waals surface area contributed by atoms with Crippen molar-refractivity contribution >= 4 is 15.9 Å². The van der Waals surface area contributed by atoms with Gasteiger partial charge in [0.05, 0.1) is 17.1 Å². The summed E-state index contributed by atoms with van der Waals surface area (Å²) in [6.07, 6.45) is 5.98. The van der Waals surface area contributed by atoms with Crippen LogP contribution in [-0.2, 0) is 21.4 Å². The second-order valence-corrected chi connectivity index (χ2v) is 10.4. The molecule has 1 aromatic heterocycles. The van der Waals surface area contributed by atoms with E-state index in [0.29, 0.717) is 31.1 Å². The van der Waals surface area contributed by atoms with Crippen LogP contribution in [-0.4, -0.2) is 48.9 Å². The molecule has 1 amide bonds. The molecule has 5 rings (SSSR count). The number of sulfonamides is 1. The molecule has 2 aromatic rings. The number of pyridine rings is 1. The zero-order valence-corrected chi connectivity index (χ0v) is 18.6. The summed E-state index contributed by atoms with van der Waals surface area (Å²) in [5.41, 5.74) is 0.734. The van der Waals surface area contributed by atoms with Crippen molar-refractivity contribution < 1.29 is 22.7 Å². The van der Waals surface area contributed by atoms with Crippen molar-refractivity contribution in [2.75, 3.05) is 13.2 Å². The zero-order valence-electron chi connectivity index (χ0n) is 17.8. The third kappa shape index (κ3) is 3.95. The molecule has 32 heavy (non-hydrogen) atoms. The van der Waals surface area contributed by atoms with Crippen LogP contribution in [0.25, 0.3) is 0 Å². The molecule has 0 spiro atoms. The number of fused-ring (bicyclic) bond motifs is 2. The van der Waals surface area contributed by atoms with Crippen LogP contribution in [0.4, 0.5) is 0 Å². The van der Waals surface area contributed by atoms with Crippen LogP contribution in [0.2, 0.25) is 0 Å². The minimum Gasteiger partial charge on any atom is -0.486 e. The molecule has 1 aromatic carbocycles. The summed E-state index contributed by atoms with van der Waals surface area (Å²) in [5, 5.41) is 2.90. The number of ether oxygens (including phenoxy) is 2. The maximum Gasteiger partial charge on any atom is 0.244 e. The molecule has 2 aliphatic heterocycles. The van der Waals surface area contributed by atoms with Crippen LogP contribution >= 0.6 is 0 Å². The average Bonchev–Trinajstić information content (AvgIpc) is 3.23. The second kappa shape index (κ2) is 8.71. The Morgan fingerprint density at radius 2 is 1.91 bits per heavy atom. The lowest BCUT2D eigenvalue weighted by atomic mass is 9.85. The first-order chi connectivity index (χ1) is 15.5. The van der Waals surface area contributed by atoms with Gasteiger partial charge >= 0.3 is 0 Å². The number of nitrogens with zero attached hydrogens (tertiary/aromatic N) is 2. The maximum atomic E-state index is 13.8. The van der Waals surface area contributed by atoms with Gasteiger partial charge < -0.3 is 14.8 Å². The number of amides is 1. The van der Waals surface area contributed by atoms with E-state index in [1.165, 1.54) is 10.4 Å². The number of carbonyl (C=O) groups excluding carboxylic acids is 1. The van der Waals surface area contributed by atoms with E-state index in [2.05, 4.69) is 10.3 Å². The molecular formula is C23H27N3O5S. The Morgan fingerprint density at radius 3 is 2.72 bits per heavy atom. The molecule has 8 nitrogen and oxygen atoms in total. The van der Waals surface area contributed by atoms with Crippen molar-refractivity contribution in [3.8, 4) is 11.5 Å². The van der Waals surface area contributed by atoms with Gasteiger partial charge in [0.15, 0.2) is 11.5 Å². The van der Waals surface area contributed by atoms with Gasteiger partial charge in [0.2, 0.25) is 15.9 Å². The highest BCUT2D eigenvalue weighted by molar-refractivity contribution is 7.89. The fourth-order valence-corrected chi connectivity index (χ4v) is 6.98. The molecule has 0 bridgehead atoms. The van der Waals surface area contributed by atoms with Crippen molar-refractivity contribution in [2.45, 2.75) is 55.6 Å². The summed E-state index contributed by atoms with van der Waals surface area (Å²) >= 11 is 0. The number of hydrogen-bond acceptors (Lipinski definition) is 6. The van der Waals surface area contributed by atoms with Gasteiger partial charge in [-0.25, -0.2) is 8.42 Å². The van der Waals surface area contributed by atoms with Crippen molar-refractivity contribution in [3.05, 3.63) is 48.3 Å². The molecule has 3 aliphatic rings. The maximum absolute atomic E-state index is 13.8. The van der Waals surface area contributed by atoms with Gasteiger partial charge in [-0.05, 0) is 49.4 Å². The standard InChI is InChI=1S/C23H27N3O5S/c27-23(25-15-17-6-3-4-10-24-17)20-13-16-5-1-2-7-19(16)26(20)32(28,29)18-8-9-21-22(14-18)31-12-11-30-21/h3-4,6,8-10,14,16,19-20H,1-2,5,7,11-13,15H2,(H,25,27)/t16-,19-,20-/m0/s1. The molecular weight excluding hydrogens is 430 g/mol. The summed E-state index contributed by atoms with van der Waals surface area (Å²) in [5.74, 6) is 0.886. The Balaban J connectivity index is 1.43. The summed E-state index contributed by atoms with van der Waals surface area (Å²) in [6.45, 7) is 1.08. The van der Waals surface area contributed by atoms with E-state index in [1.807, 2.05) is 18.2 Å². The van der Waals surface area contributed by atoms with Crippen LogP contribution in [0.3, 0.4) is 0 Å². The molecule has 1 saturated carbocycles. The van der Waals surface area contributed by atoms with E-state index in [0.717, 1.165) is 31.4 Å². The topological polar surface area (TPSA) is 97.8 Å². The molecule has 2 fully saturated rings. The monoisotopic (exact) mass is 457 g/mol. The van der Waals surface area contributed by atoms with E-state index >= 15 is 0 Å². The molecule has 3 heterocycles. The fraction of sp³-hybridized carbons (Fsp3) is 0.478. The van der Waals surface area contributed by atoms with Crippen molar-refractivity contribution in [1.29, 1.82) is 0 Å². The lowest BCUT2D eigenvalue weighted by Gasteiger charge is -2.33. The van der Waals surface area contributed by atoms with Crippen molar-refractivity contribution in [1.82, 2.24) is 14.6 Å². The third-order valence-electron chi connectivity index (χ3n) is 6.59. The predicted octanol–water partition coefficient (Wildman–Crippen LogP) is 2.49. The van der Waals surface area contributed by atoms with Crippen LogP contribution in [0.1, 0.15) is 37.8 Å². The van der Waals surface area contributed by atoms with Gasteiger partial charge in [-0.15, -0.1) is 0 Å². The Kier molecular flexibility index (Phi) is 5.77. The average molecular weight is 458 g/mol. The smallest absolute Gasteiger partial charge is 0.244 e. The van der Waals surface area contributed by atoms with Gasteiger partial charge in [-0.2, -0.15) is 4.31 Å². The van der Waals surface area contributed by atoms with Gasteiger partial charge in [-0.3, -0.25) is 9.78 Å². The molecule has 1 aliphatic carbocycles. The Morgan fingerprint density at radius 1 is 1.09 bits per heavy atom. The van der Waals surface area contributed by atoms with Crippen LogP contribution in [0.5, 0.6) is 11.5 Å². The molecule has 1 saturated heterocycles. The lowest BCUT2D eigenvalue weighted by Crippen LogP contribution is -2.49. The molecule has 9 heteroatoms. The Bertz CT molecular complexity index is 1090. The number of nitrogens with one attached hydrogen (secondary N) is 1. The number of benzene rings is 1. The zero-order chi connectivity index (χ0) is 22.1. The van der Waals surface area contributed by atoms with Gasteiger partial charge in [-0.1, -0.05) is 18.9 Å². The molecule has 1 N–H and O–H groups in total. The summed E-state index contributed by atoms with van der Waals surface area (Å²) in [6, 6.07) is 9.30. The van der Waals surface area contributed by atoms with E-state index in [-0.39, 0.29) is 29.3 Å². The number of rotatable bonds is 5. The number of carbonyl (C=O) groups is 1. The first-order valence-corrected chi connectivity index (χ1v) is 12.6. The number of hydrogen-bond donors (Lipinski definition) is 1. The minimum absolute atomic E-state index is 0.135. The fourth-order valence-electron chi connectivity index (χ4n) is 5.09. The Labute approximate surface area is 188 Å². The minimum atomic E-state index is -3.90. The van der Waals surface area contributed by atoms with E-state index in [1.54, 1.807) is 18.3 Å². The summed E-state index contributed by atoms with van der Waals surface area (Å²) in [7, 11) is -3.90. The van der Waals surface area contributed by atoms with Crippen molar-refractivity contribution in [3.63, 3.8) is 0 Å². The van der Waals surface area contributed by atoms with Crippen LogP contribution < -0.4 is 14.8 Å². The third-order valence-corrected chi connectivity index (χ3v) is 8.52. The molecule has 0 radical (unpaired) electrons. The summed E-state index contributed by atoms with van der Waals surface area (Å²) < 4.78 is 40.2. The molecule has 0 unspecified atom stereocenters. The summed E-state index contributed by atoms with van der Waals surface area (Å²) in [4.78, 5) is 17.6. The van der Waals surface area contributed by atoms with Gasteiger partial charge in [0.25, 0.3) is 0 Å². The SMILES string of the molecule is O=C(NCc1ccccn1)[C@@H]1C[C@@H]2CCCC[C@@H]2N1S(=O)(=O)c1ccc2c(c1)OCCO2. The Hall–Kier alpha value is -2.65. The molecule has 3 atom stereocenters. The van der Waals surface area contributed by atoms with Crippen LogP contribution in [0.15, 0.2) is 47.5 Å². The normalized spacial score (nSPS) is 25.2. The quantitative estimate of drug-likeness (QED) is 0.741. The molecule has 170 valence electrons. The predicted molar refractivity (Wildman–Crippen MR) is 117 cm³/mol. The first kappa shape index (κ1) is 21.2. The largest absolute Gasteiger partial charge is 0.486 e. The lowest BCUT2D eigenvalue weighted by molar-refractivity contribution is -0.124. The van der Waals surface area contributed by atoms with Gasteiger partial charge in [0, 0.05) is 18.3 Å². The highest BCUT2D eigenvalue weighted by atomic mass is 32.2. The van der Waals surface area contributed by atoms with E-state index in [4.69, 9.17) is 9.47 Å². The highest BCUT2D eigenvalue weighted by Gasteiger charge is 2.51. The van der Waals surface area contributed by atoms with Gasteiger partial charge in [0.1, 0.15) is 19.3 Å². The first-order valence-electron chi connectivity index (χ1n) is 11.1. The van der Waals surface area contributed by atoms with Crippen LogP contribution in [0, 0.1) is 5.92 Å². The van der Waals surface area contributed by atoms with Crippen molar-refractivity contribution in [2.24, 2.45) is 5.92 Å². The second-order valence-electron chi connectivity index (χ2n) is 8.54. The van der Waals surface area contributed by atoms with E-state index < -0.39 is 16.1 Å². The van der Waals surface area contributed by atoms with E-state index in [9.17, 15) is 13.2 Å². The highest BCUT2D eigenvalue weighted by Crippen LogP contribution is 2.43. The number of aromatic nitrogens is 1.